The molecule has 0 amide bonds. The van der Waals surface area contributed by atoms with Crippen molar-refractivity contribution in [1.82, 2.24) is 0 Å². The molecule has 18 rings (SSSR count). The number of aliphatic hydroxyl groups is 1. The van der Waals surface area contributed by atoms with Crippen molar-refractivity contribution in [3.8, 4) is 0 Å². The third kappa shape index (κ3) is 26.4. The van der Waals surface area contributed by atoms with Gasteiger partial charge >= 0.3 is 99.3 Å². The van der Waals surface area contributed by atoms with Crippen LogP contribution in [0.1, 0.15) is 288 Å². The summed E-state index contributed by atoms with van der Waals surface area (Å²) in [6, 6.07) is 55.2. The highest BCUT2D eigenvalue weighted by Crippen LogP contribution is 2.63. The number of halogens is 9. The lowest BCUT2D eigenvalue weighted by molar-refractivity contribution is -0.597. The van der Waals surface area contributed by atoms with Crippen LogP contribution in [0.15, 0.2) is 146 Å². The number of rotatable bonds is 14. The first-order valence-corrected chi connectivity index (χ1v) is 49.4. The summed E-state index contributed by atoms with van der Waals surface area (Å²) in [6.45, 7) is 42.8. The van der Waals surface area contributed by atoms with Gasteiger partial charge in [0, 0.05) is 43.4 Å². The van der Waals surface area contributed by atoms with Crippen molar-refractivity contribution >= 4 is 23.7 Å². The van der Waals surface area contributed by atoms with Gasteiger partial charge in [-0.3, -0.25) is 4.79 Å². The van der Waals surface area contributed by atoms with E-state index in [1.165, 1.54) is 74.1 Å². The normalized spacial score (nSPS) is 26.7. The standard InChI is InChI=1S/3C20H26I.C14H20F2O3.C14H20F2O2.C13H16F2O3/c3*1-19(2,3)15-7-11-17(12-8-15)21-18-13-9-16(10-14-18)20(4,5)6;1-12(15,16)11(17)19-8-13-3-9-2-10(4-13)6-14(18,5-9)7-13;1-13(15,16)12(17)18-8-14-5-9-2-10(6-14)4-11(3-9)7-14;1-12(14,15)11(17)18-13-4-7-2-8(5-13)10(16)9(3-7)6-13/h3*7-14H,1-6H3;9-10,18H,2-8H2,1H3;9-11H,2-8H2,1H3;7-9H,2-6H2,1H3/q3*+1;;;. The maximum Gasteiger partial charge on any atom is 0.377 e. The van der Waals surface area contributed by atoms with Gasteiger partial charge in [0.05, 0.1) is 18.8 Å². The van der Waals surface area contributed by atoms with E-state index in [1.54, 1.807) is 0 Å². The van der Waals surface area contributed by atoms with Crippen LogP contribution in [0, 0.1) is 79.6 Å². The van der Waals surface area contributed by atoms with Crippen molar-refractivity contribution in [2.24, 2.45) is 58.2 Å². The van der Waals surface area contributed by atoms with E-state index < -0.39 is 46.9 Å². The molecule has 0 saturated heterocycles. The number of alkyl halides is 6. The molecule has 4 unspecified atom stereocenters. The SMILES string of the molecule is CC(C)(C)c1ccc([I+]c2ccc(C(C)(C)C)cc2)cc1.CC(C)(C)c1ccc([I+]c2ccc(C(C)(C)C)cc2)cc1.CC(C)(C)c1ccc([I+]c2ccc(C(C)(C)C)cc2)cc1.CC(F)(F)C(=O)OC12CC3CC(C1)C(=O)C(C3)C2.CC(F)(F)C(=O)OCC12CC3CC(CC(C3)C1)C2.CC(F)(F)C(=O)OCC12CC3CC(CC(O)(C3)C1)C2. The fraction of sp³-hybridized carbons (Fsp3) is 0.604. The van der Waals surface area contributed by atoms with E-state index in [4.69, 9.17) is 14.2 Å². The highest BCUT2D eigenvalue weighted by atomic mass is 127. The molecule has 17 heteroatoms. The summed E-state index contributed by atoms with van der Waals surface area (Å²) in [5.41, 5.74) is 8.26. The van der Waals surface area contributed by atoms with E-state index in [-0.39, 0.29) is 138 Å². The number of ether oxygens (including phenoxy) is 3. The number of ketones is 1. The highest BCUT2D eigenvalue weighted by molar-refractivity contribution is 5.86. The lowest BCUT2D eigenvalue weighted by atomic mass is 9.48. The summed E-state index contributed by atoms with van der Waals surface area (Å²) in [4.78, 5) is 45.7. The van der Waals surface area contributed by atoms with Crippen LogP contribution in [-0.4, -0.2) is 71.0 Å². The molecule has 12 fully saturated rings. The van der Waals surface area contributed by atoms with Crippen LogP contribution in [0.4, 0.5) is 26.3 Å². The van der Waals surface area contributed by atoms with E-state index in [1.807, 2.05) is 0 Å². The number of Topliss-reactive ketones (excluding diaryl/α,β-unsaturated/α-hetero) is 1. The van der Waals surface area contributed by atoms with Gasteiger partial charge in [0.1, 0.15) is 11.4 Å². The summed E-state index contributed by atoms with van der Waals surface area (Å²) in [5, 5.41) is 10.5. The molecule has 6 aromatic rings. The van der Waals surface area contributed by atoms with Gasteiger partial charge in [-0.05, 0) is 283 Å². The summed E-state index contributed by atoms with van der Waals surface area (Å²) >= 11 is -0.211. The third-order valence-corrected chi connectivity index (χ3v) is 33.6. The molecule has 646 valence electrons. The Kier molecular flexibility index (Phi) is 29.7. The molecule has 8 nitrogen and oxygen atoms in total. The van der Waals surface area contributed by atoms with Crippen LogP contribution in [0.25, 0.3) is 0 Å². The second-order valence-corrected chi connectivity index (χ2v) is 52.2. The average Bonchev–Trinajstić information content (AvgIpc) is 0.745. The lowest BCUT2D eigenvalue weighted by Gasteiger charge is -2.59. The zero-order valence-corrected chi connectivity index (χ0v) is 80.6. The molecule has 0 aliphatic heterocycles. The minimum absolute atomic E-state index is 0.0235. The van der Waals surface area contributed by atoms with Crippen molar-refractivity contribution in [2.75, 3.05) is 13.2 Å². The van der Waals surface area contributed by atoms with E-state index in [0.717, 1.165) is 82.0 Å². The maximum atomic E-state index is 12.9. The van der Waals surface area contributed by atoms with Crippen molar-refractivity contribution in [3.63, 3.8) is 0 Å². The predicted octanol–water partition coefficient (Wildman–Crippen LogP) is 15.5. The van der Waals surface area contributed by atoms with Gasteiger partial charge in [0.25, 0.3) is 0 Å². The van der Waals surface area contributed by atoms with Crippen molar-refractivity contribution < 1.29 is 128 Å². The van der Waals surface area contributed by atoms with Crippen LogP contribution in [-0.2, 0) is 65.9 Å². The Labute approximate surface area is 733 Å². The molecule has 1 N–H and O–H groups in total. The van der Waals surface area contributed by atoms with Gasteiger partial charge in [-0.1, -0.05) is 197 Å². The Hall–Kier alpha value is -4.87. The van der Waals surface area contributed by atoms with Crippen molar-refractivity contribution in [2.45, 2.75) is 316 Å². The number of hydrogen-bond acceptors (Lipinski definition) is 8. The number of carbonyl (C=O) groups is 4. The maximum absolute atomic E-state index is 12.9. The Morgan fingerprint density at radius 3 is 0.788 bits per heavy atom. The number of carbonyl (C=O) groups excluding carboxylic acids is 4. The quantitative estimate of drug-likeness (QED) is 0.0496. The van der Waals surface area contributed by atoms with E-state index in [0.29, 0.717) is 64.2 Å². The molecule has 0 aromatic heterocycles. The summed E-state index contributed by atoms with van der Waals surface area (Å²) in [6.07, 6.45) is 15.5. The van der Waals surface area contributed by atoms with Gasteiger partial charge in [0.15, 0.2) is 21.4 Å². The molecule has 12 aliphatic carbocycles. The van der Waals surface area contributed by atoms with Gasteiger partial charge in [-0.25, -0.2) is 14.4 Å². The molecule has 118 heavy (non-hydrogen) atoms. The summed E-state index contributed by atoms with van der Waals surface area (Å²) < 4.78 is 101. The van der Waals surface area contributed by atoms with Crippen LogP contribution < -0.4 is 63.6 Å². The largest absolute Gasteiger partial charge is 0.461 e. The lowest BCUT2D eigenvalue weighted by Crippen LogP contribution is -3.61. The van der Waals surface area contributed by atoms with Crippen LogP contribution in [0.5, 0.6) is 0 Å². The van der Waals surface area contributed by atoms with Gasteiger partial charge in [0.2, 0.25) is 0 Å². The Bertz CT molecular complexity index is 3860. The molecule has 6 aromatic carbocycles. The zero-order valence-electron chi connectivity index (χ0n) is 74.1. The fourth-order valence-corrected chi connectivity index (χ4v) is 26.7. The average molecular weight is 1970 g/mol. The smallest absolute Gasteiger partial charge is 0.377 e. The minimum atomic E-state index is -3.45. The van der Waals surface area contributed by atoms with E-state index >= 15 is 0 Å². The number of esters is 3. The first kappa shape index (κ1) is 95.4. The minimum Gasteiger partial charge on any atom is -0.461 e. The zero-order chi connectivity index (χ0) is 87.0. The molecule has 0 radical (unpaired) electrons. The van der Waals surface area contributed by atoms with Crippen molar-refractivity contribution in [1.29, 1.82) is 0 Å². The third-order valence-electron chi connectivity index (χ3n) is 25.6. The second kappa shape index (κ2) is 36.7. The second-order valence-electron chi connectivity index (χ2n) is 43.1. The Morgan fingerprint density at radius 2 is 0.551 bits per heavy atom. The molecule has 12 aliphatic rings. The summed E-state index contributed by atoms with van der Waals surface area (Å²) in [5.74, 6) is -10.9. The summed E-state index contributed by atoms with van der Waals surface area (Å²) in [7, 11) is 0. The van der Waals surface area contributed by atoms with Crippen molar-refractivity contribution in [3.05, 3.63) is 200 Å². The first-order valence-electron chi connectivity index (χ1n) is 42.9. The van der Waals surface area contributed by atoms with Gasteiger partial charge < -0.3 is 19.3 Å². The van der Waals surface area contributed by atoms with E-state index in [9.17, 15) is 50.6 Å². The first-order chi connectivity index (χ1) is 54.3. The molecule has 0 spiro atoms. The topological polar surface area (TPSA) is 116 Å². The van der Waals surface area contributed by atoms with E-state index in [2.05, 4.69) is 270 Å². The van der Waals surface area contributed by atoms with Crippen LogP contribution in [0.3, 0.4) is 0 Å². The highest BCUT2D eigenvalue weighted by Gasteiger charge is 2.60. The molecule has 12 saturated carbocycles. The predicted molar refractivity (Wildman–Crippen MR) is 447 cm³/mol. The fourth-order valence-electron chi connectivity index (χ4n) is 20.3. The Morgan fingerprint density at radius 1 is 0.322 bits per heavy atom. The molecule has 12 bridgehead atoms. The number of benzene rings is 6. The van der Waals surface area contributed by atoms with Gasteiger partial charge in [-0.15, -0.1) is 0 Å². The van der Waals surface area contributed by atoms with Crippen LogP contribution in [0.2, 0.25) is 0 Å². The molecule has 4 atom stereocenters. The van der Waals surface area contributed by atoms with Crippen LogP contribution >= 0.6 is 0 Å². The molecular formula is C101H134F6I3O8+3. The Balaban J connectivity index is 0.000000149. The monoisotopic (exact) mass is 1970 g/mol. The molecule has 0 heterocycles. The molecular weight excluding hydrogens is 1840 g/mol. The van der Waals surface area contributed by atoms with Gasteiger partial charge in [-0.2, -0.15) is 26.3 Å². The number of hydrogen-bond donors (Lipinski definition) is 1.